The van der Waals surface area contributed by atoms with Gasteiger partial charge in [-0.25, -0.2) is 15.0 Å². The van der Waals surface area contributed by atoms with Crippen LogP contribution in [-0.4, -0.2) is 43.7 Å². The summed E-state index contributed by atoms with van der Waals surface area (Å²) in [6.07, 6.45) is 8.97. The molecule has 3 aromatic heterocycles. The molecule has 1 unspecified atom stereocenters. The Morgan fingerprint density at radius 2 is 2.12 bits per heavy atom. The first-order valence-electron chi connectivity index (χ1n) is 9.92. The second-order valence-electron chi connectivity index (χ2n) is 7.40. The molecule has 0 bridgehead atoms. The van der Waals surface area contributed by atoms with Gasteiger partial charge < -0.3 is 16.0 Å². The topological polar surface area (TPSA) is 97.3 Å². The number of nitrogens with two attached hydrogens (primary N) is 1. The Morgan fingerprint density at radius 3 is 2.91 bits per heavy atom. The highest BCUT2D eigenvalue weighted by molar-refractivity contribution is 7.16. The Morgan fingerprint density at radius 1 is 1.25 bits per heavy atom. The molecule has 1 atom stereocenters. The minimum absolute atomic E-state index is 0.156. The maximum atomic E-state index is 6.45. The number of piperidine rings is 1. The summed E-state index contributed by atoms with van der Waals surface area (Å²) >= 11 is 13.9. The van der Waals surface area contributed by atoms with Gasteiger partial charge in [-0.2, -0.15) is 9.61 Å². The number of benzene rings is 1. The number of hydrogen-bond donors (Lipinski definition) is 2. The van der Waals surface area contributed by atoms with Crippen LogP contribution in [0.3, 0.4) is 0 Å². The molecule has 162 valence electrons. The van der Waals surface area contributed by atoms with Crippen molar-refractivity contribution in [2.75, 3.05) is 29.0 Å². The summed E-state index contributed by atoms with van der Waals surface area (Å²) in [6, 6.07) is 7.38. The van der Waals surface area contributed by atoms with Gasteiger partial charge in [-0.15, -0.1) is 6.42 Å². The molecule has 8 nitrogen and oxygen atoms in total. The Labute approximate surface area is 198 Å². The minimum atomic E-state index is 0.156. The standard InChI is InChI=1S/C21H18Cl2N8S/c1-2-17-19(24)29-20(32-17)27-13-4-3-7-30(10-13)21-28-16(9-18-25-11-26-31(18)21)14-6-5-12(22)8-15(14)23/h1,5-6,8-9,11,13H,3-4,7,10,24H2,(H,27,29). The lowest BCUT2D eigenvalue weighted by molar-refractivity contribution is 0.519. The molecule has 1 aliphatic rings. The van der Waals surface area contributed by atoms with Crippen molar-refractivity contribution in [1.82, 2.24) is 24.6 Å². The van der Waals surface area contributed by atoms with E-state index in [0.29, 0.717) is 44.6 Å². The van der Waals surface area contributed by atoms with Gasteiger partial charge in [0, 0.05) is 35.8 Å². The molecule has 0 spiro atoms. The number of halogens is 2. The summed E-state index contributed by atoms with van der Waals surface area (Å²) in [4.78, 5) is 16.4. The molecule has 1 aromatic carbocycles. The van der Waals surface area contributed by atoms with E-state index in [0.717, 1.165) is 30.1 Å². The van der Waals surface area contributed by atoms with Crippen LogP contribution in [0.25, 0.3) is 16.9 Å². The number of nitrogen functional groups attached to an aromatic ring is 1. The lowest BCUT2D eigenvalue weighted by Crippen LogP contribution is -2.43. The SMILES string of the molecule is C#Cc1sc(NC2CCCN(c3nc(-c4ccc(Cl)cc4Cl)cc4ncnn34)C2)nc1N. The van der Waals surface area contributed by atoms with Crippen LogP contribution in [0.15, 0.2) is 30.6 Å². The van der Waals surface area contributed by atoms with Gasteiger partial charge in [-0.05, 0) is 31.0 Å². The first kappa shape index (κ1) is 20.8. The van der Waals surface area contributed by atoms with Gasteiger partial charge in [0.15, 0.2) is 16.6 Å². The van der Waals surface area contributed by atoms with Crippen molar-refractivity contribution in [2.24, 2.45) is 0 Å². The van der Waals surface area contributed by atoms with Crippen LogP contribution in [0.5, 0.6) is 0 Å². The van der Waals surface area contributed by atoms with Crippen molar-refractivity contribution in [3.63, 3.8) is 0 Å². The largest absolute Gasteiger partial charge is 0.382 e. The molecule has 4 aromatic rings. The fourth-order valence-corrected chi connectivity index (χ4v) is 5.08. The Balaban J connectivity index is 1.46. The second-order valence-corrected chi connectivity index (χ2v) is 9.25. The van der Waals surface area contributed by atoms with E-state index in [-0.39, 0.29) is 6.04 Å². The average molecular weight is 485 g/mol. The zero-order chi connectivity index (χ0) is 22.2. The van der Waals surface area contributed by atoms with Crippen molar-refractivity contribution in [1.29, 1.82) is 0 Å². The first-order chi connectivity index (χ1) is 15.5. The summed E-state index contributed by atoms with van der Waals surface area (Å²) in [7, 11) is 0. The number of fused-ring (bicyclic) bond motifs is 1. The highest BCUT2D eigenvalue weighted by Crippen LogP contribution is 2.32. The number of nitrogens with one attached hydrogen (secondary N) is 1. The van der Waals surface area contributed by atoms with Gasteiger partial charge in [-0.1, -0.05) is 40.5 Å². The van der Waals surface area contributed by atoms with Gasteiger partial charge in [0.1, 0.15) is 11.2 Å². The molecule has 11 heteroatoms. The number of anilines is 3. The molecule has 5 rings (SSSR count). The molecule has 0 amide bonds. The average Bonchev–Trinajstić information content (AvgIpc) is 3.39. The van der Waals surface area contributed by atoms with Gasteiger partial charge in [-0.3, -0.25) is 0 Å². The van der Waals surface area contributed by atoms with Crippen molar-refractivity contribution >= 4 is 57.1 Å². The van der Waals surface area contributed by atoms with Gasteiger partial charge in [0.25, 0.3) is 0 Å². The molecular formula is C21H18Cl2N8S. The van der Waals surface area contributed by atoms with Gasteiger partial charge in [0.2, 0.25) is 5.95 Å². The maximum Gasteiger partial charge on any atom is 0.229 e. The first-order valence-corrected chi connectivity index (χ1v) is 11.5. The monoisotopic (exact) mass is 484 g/mol. The second kappa shape index (κ2) is 8.47. The van der Waals surface area contributed by atoms with Gasteiger partial charge >= 0.3 is 0 Å². The highest BCUT2D eigenvalue weighted by Gasteiger charge is 2.25. The Bertz CT molecular complexity index is 1340. The van der Waals surface area contributed by atoms with Crippen LogP contribution < -0.4 is 16.0 Å². The minimum Gasteiger partial charge on any atom is -0.382 e. The predicted octanol–water partition coefficient (Wildman–Crippen LogP) is 4.20. The summed E-state index contributed by atoms with van der Waals surface area (Å²) in [6.45, 7) is 1.55. The van der Waals surface area contributed by atoms with E-state index in [9.17, 15) is 0 Å². The van der Waals surface area contributed by atoms with Crippen LogP contribution in [0.2, 0.25) is 10.0 Å². The molecule has 1 saturated heterocycles. The third-order valence-electron chi connectivity index (χ3n) is 5.27. The lowest BCUT2D eigenvalue weighted by Gasteiger charge is -2.33. The van der Waals surface area contributed by atoms with E-state index in [1.54, 1.807) is 16.6 Å². The molecule has 32 heavy (non-hydrogen) atoms. The predicted molar refractivity (Wildman–Crippen MR) is 130 cm³/mol. The third kappa shape index (κ3) is 3.93. The quantitative estimate of drug-likeness (QED) is 0.418. The van der Waals surface area contributed by atoms with Crippen molar-refractivity contribution in [2.45, 2.75) is 18.9 Å². The lowest BCUT2D eigenvalue weighted by atomic mass is 10.1. The van der Waals surface area contributed by atoms with Crippen molar-refractivity contribution in [3.8, 4) is 23.6 Å². The van der Waals surface area contributed by atoms with Crippen LogP contribution in [-0.2, 0) is 0 Å². The van der Waals surface area contributed by atoms with Crippen LogP contribution in [0.1, 0.15) is 17.7 Å². The van der Waals surface area contributed by atoms with E-state index in [1.165, 1.54) is 17.7 Å². The third-order valence-corrected chi connectivity index (χ3v) is 6.75. The fraction of sp³-hybridized carbons (Fsp3) is 0.238. The summed E-state index contributed by atoms with van der Waals surface area (Å²) in [5.41, 5.74) is 8.07. The molecule has 0 saturated carbocycles. The number of terminal acetylenes is 1. The number of nitrogens with zero attached hydrogens (tertiary/aromatic N) is 6. The molecule has 0 radical (unpaired) electrons. The van der Waals surface area contributed by atoms with Crippen molar-refractivity contribution in [3.05, 3.63) is 45.5 Å². The smallest absolute Gasteiger partial charge is 0.229 e. The Kier molecular flexibility index (Phi) is 5.51. The molecule has 0 aliphatic carbocycles. The molecule has 1 aliphatic heterocycles. The summed E-state index contributed by atoms with van der Waals surface area (Å²) in [5.74, 6) is 3.65. The fourth-order valence-electron chi connectivity index (χ4n) is 3.80. The zero-order valence-corrected chi connectivity index (χ0v) is 19.1. The molecular weight excluding hydrogens is 467 g/mol. The normalized spacial score (nSPS) is 16.3. The number of aromatic nitrogens is 5. The van der Waals surface area contributed by atoms with E-state index < -0.39 is 0 Å². The van der Waals surface area contributed by atoms with Crippen LogP contribution in [0.4, 0.5) is 16.9 Å². The van der Waals surface area contributed by atoms with E-state index in [4.69, 9.17) is 40.3 Å². The zero-order valence-electron chi connectivity index (χ0n) is 16.8. The van der Waals surface area contributed by atoms with Gasteiger partial charge in [0.05, 0.1) is 10.7 Å². The van der Waals surface area contributed by atoms with Crippen LogP contribution in [0, 0.1) is 12.3 Å². The van der Waals surface area contributed by atoms with E-state index >= 15 is 0 Å². The number of thiazole rings is 1. The molecule has 3 N–H and O–H groups in total. The van der Waals surface area contributed by atoms with Crippen molar-refractivity contribution < 1.29 is 0 Å². The van der Waals surface area contributed by atoms with Crippen LogP contribution >= 0.6 is 34.5 Å². The summed E-state index contributed by atoms with van der Waals surface area (Å²) in [5, 5.41) is 9.67. The molecule has 1 fully saturated rings. The highest BCUT2D eigenvalue weighted by atomic mass is 35.5. The maximum absolute atomic E-state index is 6.45. The number of rotatable bonds is 4. The van der Waals surface area contributed by atoms with E-state index in [1.807, 2.05) is 12.1 Å². The molecule has 4 heterocycles. The summed E-state index contributed by atoms with van der Waals surface area (Å²) < 4.78 is 1.74. The Hall–Kier alpha value is -3.06. The number of hydrogen-bond acceptors (Lipinski definition) is 8. The van der Waals surface area contributed by atoms with E-state index in [2.05, 4.69) is 31.2 Å².